The van der Waals surface area contributed by atoms with Crippen molar-refractivity contribution < 1.29 is 19.1 Å². The number of nitriles is 1. The average molecular weight is 385 g/mol. The Hall–Kier alpha value is -2.88. The fraction of sp³-hybridized carbons (Fsp3) is 0.524. The molecular weight excluding hydrogens is 358 g/mol. The van der Waals surface area contributed by atoms with Crippen molar-refractivity contribution in [3.8, 4) is 6.07 Å². The number of hydrogen-bond donors (Lipinski definition) is 1. The first-order valence-corrected chi connectivity index (χ1v) is 9.48. The highest BCUT2D eigenvalue weighted by molar-refractivity contribution is 5.96. The number of nitrogens with zero attached hydrogens (tertiary/aromatic N) is 2. The summed E-state index contributed by atoms with van der Waals surface area (Å²) >= 11 is 0. The average Bonchev–Trinajstić information content (AvgIpc) is 2.72. The number of esters is 1. The standard InChI is InChI=1S/C21H27N3O4/c1-15-7-8-17(11-16(15)2)20(27)23-12-19(26)28-13-18(25)24(3)21(14-22)9-5-4-6-10-21/h7-8,11H,4-6,9-10,12-13H2,1-3H3,(H,23,27). The molecule has 0 atom stereocenters. The Kier molecular flexibility index (Phi) is 7.16. The zero-order valence-corrected chi connectivity index (χ0v) is 16.7. The van der Waals surface area contributed by atoms with Crippen molar-refractivity contribution >= 4 is 17.8 Å². The van der Waals surface area contributed by atoms with E-state index >= 15 is 0 Å². The fourth-order valence-corrected chi connectivity index (χ4v) is 3.32. The van der Waals surface area contributed by atoms with Crippen LogP contribution in [0.3, 0.4) is 0 Å². The van der Waals surface area contributed by atoms with Crippen molar-refractivity contribution in [1.29, 1.82) is 5.26 Å². The summed E-state index contributed by atoms with van der Waals surface area (Å²) in [5.41, 5.74) is 1.70. The summed E-state index contributed by atoms with van der Waals surface area (Å²) in [6.45, 7) is 3.08. The van der Waals surface area contributed by atoms with Gasteiger partial charge in [0.25, 0.3) is 11.8 Å². The first kappa shape index (κ1) is 21.4. The highest BCUT2D eigenvalue weighted by Crippen LogP contribution is 2.32. The van der Waals surface area contributed by atoms with E-state index in [2.05, 4.69) is 11.4 Å². The molecule has 0 aliphatic heterocycles. The molecule has 150 valence electrons. The summed E-state index contributed by atoms with van der Waals surface area (Å²) in [4.78, 5) is 37.7. The third kappa shape index (κ3) is 5.10. The topological polar surface area (TPSA) is 99.5 Å². The van der Waals surface area contributed by atoms with Crippen molar-refractivity contribution in [2.75, 3.05) is 20.2 Å². The minimum absolute atomic E-state index is 0.327. The lowest BCUT2D eigenvalue weighted by molar-refractivity contribution is -0.152. The maximum Gasteiger partial charge on any atom is 0.325 e. The molecule has 1 saturated carbocycles. The normalized spacial score (nSPS) is 15.2. The number of nitrogens with one attached hydrogen (secondary N) is 1. The zero-order chi connectivity index (χ0) is 20.7. The van der Waals surface area contributed by atoms with Gasteiger partial charge in [0.1, 0.15) is 12.1 Å². The van der Waals surface area contributed by atoms with E-state index in [-0.39, 0.29) is 12.5 Å². The number of carbonyl (C=O) groups is 3. The van der Waals surface area contributed by atoms with Crippen LogP contribution in [0.15, 0.2) is 18.2 Å². The highest BCUT2D eigenvalue weighted by Gasteiger charge is 2.38. The van der Waals surface area contributed by atoms with Gasteiger partial charge in [-0.2, -0.15) is 5.26 Å². The van der Waals surface area contributed by atoms with Gasteiger partial charge >= 0.3 is 5.97 Å². The molecule has 0 heterocycles. The summed E-state index contributed by atoms with van der Waals surface area (Å²) in [5, 5.41) is 12.0. The molecule has 0 bridgehead atoms. The number of carbonyl (C=O) groups excluding carboxylic acids is 3. The SMILES string of the molecule is Cc1ccc(C(=O)NCC(=O)OCC(=O)N(C)C2(C#N)CCCCC2)cc1C. The molecule has 0 saturated heterocycles. The van der Waals surface area contributed by atoms with E-state index in [4.69, 9.17) is 4.74 Å². The van der Waals surface area contributed by atoms with Gasteiger partial charge in [0.2, 0.25) is 0 Å². The van der Waals surface area contributed by atoms with E-state index < -0.39 is 24.0 Å². The second kappa shape index (κ2) is 9.36. The van der Waals surface area contributed by atoms with Gasteiger partial charge in [0, 0.05) is 12.6 Å². The van der Waals surface area contributed by atoms with Crippen LogP contribution in [0.4, 0.5) is 0 Å². The van der Waals surface area contributed by atoms with Crippen LogP contribution in [0.25, 0.3) is 0 Å². The van der Waals surface area contributed by atoms with Crippen LogP contribution in [0, 0.1) is 25.2 Å². The Morgan fingerprint density at radius 1 is 1.18 bits per heavy atom. The van der Waals surface area contributed by atoms with Crippen LogP contribution in [0.1, 0.15) is 53.6 Å². The third-order valence-corrected chi connectivity index (χ3v) is 5.42. The molecule has 7 nitrogen and oxygen atoms in total. The molecule has 1 N–H and O–H groups in total. The van der Waals surface area contributed by atoms with Gasteiger partial charge in [-0.3, -0.25) is 14.4 Å². The van der Waals surface area contributed by atoms with Crippen LogP contribution in [-0.2, 0) is 14.3 Å². The highest BCUT2D eigenvalue weighted by atomic mass is 16.5. The minimum atomic E-state index is -0.820. The van der Waals surface area contributed by atoms with Gasteiger partial charge in [-0.05, 0) is 49.9 Å². The van der Waals surface area contributed by atoms with Crippen LogP contribution in [0.5, 0.6) is 0 Å². The third-order valence-electron chi connectivity index (χ3n) is 5.42. The second-order valence-corrected chi connectivity index (χ2v) is 7.30. The van der Waals surface area contributed by atoms with E-state index in [0.717, 1.165) is 30.4 Å². The number of hydrogen-bond acceptors (Lipinski definition) is 5. The first-order chi connectivity index (χ1) is 13.3. The van der Waals surface area contributed by atoms with E-state index in [9.17, 15) is 19.6 Å². The maximum absolute atomic E-state index is 12.4. The van der Waals surface area contributed by atoms with Crippen LogP contribution in [-0.4, -0.2) is 48.4 Å². The van der Waals surface area contributed by atoms with Crippen LogP contribution < -0.4 is 5.32 Å². The number of likely N-dealkylation sites (N-methyl/N-ethyl adjacent to an activating group) is 1. The summed E-state index contributed by atoms with van der Waals surface area (Å²) in [6.07, 6.45) is 4.11. The number of aryl methyl sites for hydroxylation is 2. The van der Waals surface area contributed by atoms with Crippen molar-refractivity contribution in [1.82, 2.24) is 10.2 Å². The molecule has 1 aromatic carbocycles. The van der Waals surface area contributed by atoms with Crippen molar-refractivity contribution in [3.63, 3.8) is 0 Å². The van der Waals surface area contributed by atoms with E-state index in [1.165, 1.54) is 4.90 Å². The molecule has 28 heavy (non-hydrogen) atoms. The lowest BCUT2D eigenvalue weighted by atomic mass is 9.81. The Morgan fingerprint density at radius 3 is 2.46 bits per heavy atom. The summed E-state index contributed by atoms with van der Waals surface area (Å²) < 4.78 is 4.98. The molecule has 0 radical (unpaired) electrons. The molecule has 1 fully saturated rings. The Labute approximate surface area is 165 Å². The first-order valence-electron chi connectivity index (χ1n) is 9.48. The predicted octanol–water partition coefficient (Wildman–Crippen LogP) is 2.26. The van der Waals surface area contributed by atoms with Crippen LogP contribution >= 0.6 is 0 Å². The Bertz CT molecular complexity index is 791. The second-order valence-electron chi connectivity index (χ2n) is 7.30. The minimum Gasteiger partial charge on any atom is -0.454 e. The zero-order valence-electron chi connectivity index (χ0n) is 16.7. The molecule has 0 spiro atoms. The van der Waals surface area contributed by atoms with Crippen LogP contribution in [0.2, 0.25) is 0 Å². The maximum atomic E-state index is 12.4. The molecular formula is C21H27N3O4. The lowest BCUT2D eigenvalue weighted by Crippen LogP contribution is -2.51. The predicted molar refractivity (Wildman–Crippen MR) is 103 cm³/mol. The molecule has 7 heteroatoms. The van der Waals surface area contributed by atoms with E-state index in [1.54, 1.807) is 19.2 Å². The van der Waals surface area contributed by atoms with Gasteiger partial charge in [0.15, 0.2) is 6.61 Å². The summed E-state index contributed by atoms with van der Waals surface area (Å²) in [7, 11) is 1.58. The molecule has 2 amide bonds. The van der Waals surface area contributed by atoms with Gasteiger partial charge in [-0.1, -0.05) is 25.3 Å². The van der Waals surface area contributed by atoms with Gasteiger partial charge in [-0.15, -0.1) is 0 Å². The number of amides is 2. The van der Waals surface area contributed by atoms with Crippen molar-refractivity contribution in [2.45, 2.75) is 51.5 Å². The number of rotatable bonds is 6. The smallest absolute Gasteiger partial charge is 0.325 e. The quantitative estimate of drug-likeness (QED) is 0.757. The largest absolute Gasteiger partial charge is 0.454 e. The molecule has 2 rings (SSSR count). The molecule has 1 aliphatic carbocycles. The monoisotopic (exact) mass is 385 g/mol. The number of ether oxygens (including phenoxy) is 1. The van der Waals surface area contributed by atoms with Crippen molar-refractivity contribution in [3.05, 3.63) is 34.9 Å². The fourth-order valence-electron chi connectivity index (χ4n) is 3.32. The summed E-state index contributed by atoms with van der Waals surface area (Å²) in [6, 6.07) is 7.54. The van der Waals surface area contributed by atoms with E-state index in [0.29, 0.717) is 18.4 Å². The Balaban J connectivity index is 1.81. The molecule has 0 aromatic heterocycles. The summed E-state index contributed by atoms with van der Waals surface area (Å²) in [5.74, 6) is -1.50. The molecule has 1 aromatic rings. The number of benzene rings is 1. The Morgan fingerprint density at radius 2 is 1.86 bits per heavy atom. The molecule has 1 aliphatic rings. The van der Waals surface area contributed by atoms with Crippen molar-refractivity contribution in [2.24, 2.45) is 0 Å². The van der Waals surface area contributed by atoms with Gasteiger partial charge < -0.3 is 15.0 Å². The van der Waals surface area contributed by atoms with Gasteiger partial charge in [-0.25, -0.2) is 0 Å². The molecule has 0 unspecified atom stereocenters. The van der Waals surface area contributed by atoms with E-state index in [1.807, 2.05) is 19.9 Å². The van der Waals surface area contributed by atoms with Gasteiger partial charge in [0.05, 0.1) is 6.07 Å². The lowest BCUT2D eigenvalue weighted by Gasteiger charge is -2.38.